The standard InChI is InChI=1S/C15H22N2O12.H3O4P/c18-3-5(20)8(22)10(24)11(25)13(27)15(12(26)9(23)6(4-19)29-15)17-2-1-7(21)16-14(17)28;1-5(2,3)4/h1-2,5-6,8-12,18-20,22-26H,3-4H2,(H,16,21,28);(H3,1,2,3,4)/t5-,6-,8-,9-,10+,11-,12-,15?;/m1./s1. The Morgan fingerprint density at radius 1 is 1.12 bits per heavy atom. The molecule has 1 saturated heterocycles. The normalized spacial score (nSPS) is 28.4. The maximum Gasteiger partial charge on any atom is 0.466 e. The third kappa shape index (κ3) is 6.61. The number of ether oxygens (including phenoxy) is 1. The minimum atomic E-state index is -4.64. The Bertz CT molecular complexity index is 983. The van der Waals surface area contributed by atoms with E-state index in [0.717, 1.165) is 6.07 Å². The van der Waals surface area contributed by atoms with Gasteiger partial charge in [0.05, 0.1) is 13.2 Å². The van der Waals surface area contributed by atoms with Crippen molar-refractivity contribution in [1.82, 2.24) is 9.55 Å². The molecule has 0 bridgehead atoms. The molecular weight excluding hydrogens is 495 g/mol. The number of hydrogen-bond acceptors (Lipinski definition) is 13. The second kappa shape index (κ2) is 11.7. The molecule has 0 aromatic carbocycles. The van der Waals surface area contributed by atoms with Gasteiger partial charge < -0.3 is 60.3 Å². The van der Waals surface area contributed by atoms with E-state index in [1.165, 1.54) is 0 Å². The van der Waals surface area contributed by atoms with Gasteiger partial charge >= 0.3 is 13.5 Å². The van der Waals surface area contributed by atoms with Crippen LogP contribution in [0.2, 0.25) is 0 Å². The lowest BCUT2D eigenvalue weighted by Crippen LogP contribution is -2.62. The number of aromatic nitrogens is 2. The summed E-state index contributed by atoms with van der Waals surface area (Å²) < 4.78 is 14.4. The highest BCUT2D eigenvalue weighted by molar-refractivity contribution is 7.45. The van der Waals surface area contributed by atoms with Crippen LogP contribution >= 0.6 is 7.82 Å². The molecule has 8 atom stereocenters. The summed E-state index contributed by atoms with van der Waals surface area (Å²) in [5.41, 5.74) is -5.10. The number of aromatic amines is 1. The Morgan fingerprint density at radius 2 is 1.65 bits per heavy atom. The minimum absolute atomic E-state index is 0.338. The molecule has 34 heavy (non-hydrogen) atoms. The monoisotopic (exact) mass is 520 g/mol. The number of Topliss-reactive ketones (excluding diaryl/α,β-unsaturated/α-hetero) is 1. The van der Waals surface area contributed by atoms with Crippen molar-refractivity contribution in [3.8, 4) is 0 Å². The quantitative estimate of drug-likeness (QED) is 0.142. The Balaban J connectivity index is 0.00000104. The van der Waals surface area contributed by atoms with Crippen LogP contribution in [-0.4, -0.2) is 127 Å². The van der Waals surface area contributed by atoms with Crippen molar-refractivity contribution in [2.24, 2.45) is 0 Å². The summed E-state index contributed by atoms with van der Waals surface area (Å²) in [6.45, 7) is -1.95. The molecule has 0 amide bonds. The van der Waals surface area contributed by atoms with Gasteiger partial charge in [0.1, 0.15) is 42.7 Å². The van der Waals surface area contributed by atoms with E-state index < -0.39 is 86.5 Å². The van der Waals surface area contributed by atoms with Gasteiger partial charge in [-0.3, -0.25) is 19.1 Å². The summed E-state index contributed by atoms with van der Waals surface area (Å²) in [5, 5.41) is 78.0. The first-order valence-corrected chi connectivity index (χ1v) is 10.7. The van der Waals surface area contributed by atoms with Crippen LogP contribution in [0.15, 0.2) is 21.9 Å². The van der Waals surface area contributed by atoms with Gasteiger partial charge in [0.25, 0.3) is 5.56 Å². The van der Waals surface area contributed by atoms with Crippen LogP contribution in [0.4, 0.5) is 0 Å². The molecule has 1 unspecified atom stereocenters. The topological polar surface area (TPSA) is 321 Å². The fraction of sp³-hybridized carbons (Fsp3) is 0.667. The molecule has 1 fully saturated rings. The first-order chi connectivity index (χ1) is 15.5. The number of aliphatic hydroxyl groups is 8. The average molecular weight is 520 g/mol. The molecule has 1 aliphatic rings. The maximum atomic E-state index is 13.0. The van der Waals surface area contributed by atoms with E-state index in [1.807, 2.05) is 0 Å². The highest BCUT2D eigenvalue weighted by Crippen LogP contribution is 2.37. The Labute approximate surface area is 188 Å². The third-order valence-corrected chi connectivity index (χ3v) is 4.67. The number of carbonyl (C=O) groups excluding carboxylic acids is 1. The van der Waals surface area contributed by atoms with Crippen LogP contribution in [0.5, 0.6) is 0 Å². The molecule has 0 aliphatic carbocycles. The second-order valence-corrected chi connectivity index (χ2v) is 8.03. The predicted octanol–water partition coefficient (Wildman–Crippen LogP) is -7.62. The molecular formula is C15H25N2O16P. The van der Waals surface area contributed by atoms with Crippen LogP contribution in [0.3, 0.4) is 0 Å². The number of H-pyrrole nitrogens is 1. The van der Waals surface area contributed by atoms with Gasteiger partial charge in [-0.2, -0.15) is 0 Å². The van der Waals surface area contributed by atoms with Gasteiger partial charge in [-0.25, -0.2) is 9.36 Å². The molecule has 0 saturated carbocycles. The van der Waals surface area contributed by atoms with E-state index in [0.29, 0.717) is 10.8 Å². The summed E-state index contributed by atoms with van der Waals surface area (Å²) in [6, 6.07) is 0.762. The van der Waals surface area contributed by atoms with Crippen LogP contribution in [0.25, 0.3) is 0 Å². The molecule has 196 valence electrons. The second-order valence-electron chi connectivity index (χ2n) is 7.00. The Hall–Kier alpha value is -1.90. The van der Waals surface area contributed by atoms with Crippen LogP contribution in [-0.2, 0) is 19.8 Å². The van der Waals surface area contributed by atoms with Crippen LogP contribution < -0.4 is 11.2 Å². The van der Waals surface area contributed by atoms with Gasteiger partial charge in [-0.05, 0) is 0 Å². The number of hydrogen-bond donors (Lipinski definition) is 12. The highest BCUT2D eigenvalue weighted by atomic mass is 31.2. The summed E-state index contributed by atoms with van der Waals surface area (Å²) >= 11 is 0. The number of nitrogens with zero attached hydrogens (tertiary/aromatic N) is 1. The van der Waals surface area contributed by atoms with Gasteiger partial charge in [-0.1, -0.05) is 0 Å². The van der Waals surface area contributed by atoms with Crippen molar-refractivity contribution in [2.45, 2.75) is 48.5 Å². The molecule has 0 spiro atoms. The van der Waals surface area contributed by atoms with Gasteiger partial charge in [0.2, 0.25) is 11.5 Å². The van der Waals surface area contributed by atoms with Crippen molar-refractivity contribution in [1.29, 1.82) is 0 Å². The molecule has 2 rings (SSSR count). The van der Waals surface area contributed by atoms with Crippen molar-refractivity contribution in [3.63, 3.8) is 0 Å². The lowest BCUT2D eigenvalue weighted by molar-refractivity contribution is -0.194. The van der Waals surface area contributed by atoms with Crippen molar-refractivity contribution in [3.05, 3.63) is 33.1 Å². The molecule has 0 radical (unpaired) electrons. The lowest BCUT2D eigenvalue weighted by atomic mass is 9.90. The maximum absolute atomic E-state index is 13.0. The number of aliphatic hydroxyl groups excluding tert-OH is 8. The molecule has 12 N–H and O–H groups in total. The summed E-state index contributed by atoms with van der Waals surface area (Å²) in [6.07, 6.45) is -14.3. The van der Waals surface area contributed by atoms with Gasteiger partial charge in [0, 0.05) is 12.3 Å². The molecule has 19 heteroatoms. The summed E-state index contributed by atoms with van der Waals surface area (Å²) in [7, 11) is -4.64. The number of carbonyl (C=O) groups is 1. The van der Waals surface area contributed by atoms with Gasteiger partial charge in [-0.15, -0.1) is 0 Å². The zero-order chi connectivity index (χ0) is 26.6. The summed E-state index contributed by atoms with van der Waals surface area (Å²) in [5.74, 6) is -1.65. The highest BCUT2D eigenvalue weighted by Gasteiger charge is 2.62. The van der Waals surface area contributed by atoms with E-state index in [-0.39, 0.29) is 0 Å². The molecule has 1 aromatic rings. The SMILES string of the molecule is O=C([C@H](O)[C@@H](O)[C@H](O)[C@H](O)CO)C1(n2ccc(=O)[nH]c2=O)O[C@H](CO)[C@@H](O)[C@H]1O.O=P(O)(O)O. The predicted molar refractivity (Wildman–Crippen MR) is 104 cm³/mol. The Kier molecular flexibility index (Phi) is 10.4. The Morgan fingerprint density at radius 3 is 2.06 bits per heavy atom. The molecule has 1 aromatic heterocycles. The van der Waals surface area contributed by atoms with Crippen molar-refractivity contribution >= 4 is 13.6 Å². The zero-order valence-corrected chi connectivity index (χ0v) is 17.9. The lowest BCUT2D eigenvalue weighted by Gasteiger charge is -2.35. The first-order valence-electron chi connectivity index (χ1n) is 9.15. The van der Waals surface area contributed by atoms with Gasteiger partial charge in [0.15, 0.2) is 0 Å². The largest absolute Gasteiger partial charge is 0.466 e. The minimum Gasteiger partial charge on any atom is -0.394 e. The summed E-state index contributed by atoms with van der Waals surface area (Å²) in [4.78, 5) is 59.9. The fourth-order valence-electron chi connectivity index (χ4n) is 3.04. The first kappa shape index (κ1) is 30.1. The van der Waals surface area contributed by atoms with Crippen LogP contribution in [0, 0.1) is 0 Å². The molecule has 2 heterocycles. The van der Waals surface area contributed by atoms with E-state index in [4.69, 9.17) is 29.1 Å². The van der Waals surface area contributed by atoms with E-state index in [2.05, 4.69) is 0 Å². The molecule has 18 nitrogen and oxygen atoms in total. The van der Waals surface area contributed by atoms with E-state index >= 15 is 0 Å². The zero-order valence-electron chi connectivity index (χ0n) is 17.0. The third-order valence-electron chi connectivity index (χ3n) is 4.67. The number of rotatable bonds is 8. The van der Waals surface area contributed by atoms with E-state index in [9.17, 15) is 50.1 Å². The number of nitrogens with one attached hydrogen (secondary N) is 1. The smallest absolute Gasteiger partial charge is 0.394 e. The van der Waals surface area contributed by atoms with Crippen molar-refractivity contribution < 1.29 is 69.6 Å². The van der Waals surface area contributed by atoms with Crippen molar-refractivity contribution in [2.75, 3.05) is 13.2 Å². The van der Waals surface area contributed by atoms with E-state index in [1.54, 1.807) is 4.98 Å². The number of phosphoric acid groups is 1. The fourth-order valence-corrected chi connectivity index (χ4v) is 3.04. The average Bonchev–Trinajstić information content (AvgIpc) is 3.01. The number of ketones is 1. The van der Waals surface area contributed by atoms with Crippen LogP contribution in [0.1, 0.15) is 0 Å². The molecule has 1 aliphatic heterocycles.